The lowest BCUT2D eigenvalue weighted by Gasteiger charge is -2.04. The van der Waals surface area contributed by atoms with Crippen LogP contribution >= 0.6 is 15.9 Å². The second-order valence-corrected chi connectivity index (χ2v) is 9.06. The van der Waals surface area contributed by atoms with Crippen LogP contribution < -0.4 is 27.0 Å². The number of nitrogens with zero attached hydrogens (tertiary/aromatic N) is 3. The van der Waals surface area contributed by atoms with Crippen molar-refractivity contribution in [2.75, 3.05) is 22.5 Å². The van der Waals surface area contributed by atoms with Crippen LogP contribution in [0.5, 0.6) is 0 Å². The molecule has 0 aliphatic carbocycles. The van der Waals surface area contributed by atoms with Crippen LogP contribution in [0.3, 0.4) is 0 Å². The number of halogens is 1. The molecule has 0 bridgehead atoms. The van der Waals surface area contributed by atoms with Crippen LogP contribution in [0.15, 0.2) is 36.8 Å². The molecule has 7 N–H and O–H groups in total. The van der Waals surface area contributed by atoms with E-state index in [-0.39, 0.29) is 41.8 Å². The Morgan fingerprint density at radius 1 is 0.763 bits per heavy atom. The lowest BCUT2D eigenvalue weighted by atomic mass is 10.3. The number of nitrogens with two attached hydrogens (primary N) is 1. The zero-order chi connectivity index (χ0) is 28.1. The van der Waals surface area contributed by atoms with Crippen molar-refractivity contribution in [1.29, 1.82) is 5.41 Å². The summed E-state index contributed by atoms with van der Waals surface area (Å²) in [6, 6.07) is 4.41. The van der Waals surface area contributed by atoms with E-state index in [1.165, 1.54) is 33.5 Å². The van der Waals surface area contributed by atoms with Gasteiger partial charge in [-0.1, -0.05) is 0 Å². The van der Waals surface area contributed by atoms with Gasteiger partial charge in [-0.05, 0) is 18.2 Å². The largest absolute Gasteiger partial charge is 0.388 e. The molecule has 0 saturated heterocycles. The van der Waals surface area contributed by atoms with Crippen LogP contribution in [0.25, 0.3) is 0 Å². The van der Waals surface area contributed by atoms with Gasteiger partial charge in [0.15, 0.2) is 0 Å². The molecule has 0 radical (unpaired) electrons. The molecule has 200 valence electrons. The molecule has 0 spiro atoms. The van der Waals surface area contributed by atoms with Crippen LogP contribution in [0.4, 0.5) is 17.1 Å². The van der Waals surface area contributed by atoms with E-state index in [9.17, 15) is 24.0 Å². The summed E-state index contributed by atoms with van der Waals surface area (Å²) in [4.78, 5) is 60.7. The molecule has 0 saturated carbocycles. The second-order valence-electron chi connectivity index (χ2n) is 8.34. The fourth-order valence-corrected chi connectivity index (χ4v) is 3.65. The number of aryl methyl sites for hydroxylation is 3. The van der Waals surface area contributed by atoms with Crippen molar-refractivity contribution in [3.63, 3.8) is 0 Å². The van der Waals surface area contributed by atoms with Gasteiger partial charge in [0.05, 0.1) is 22.9 Å². The van der Waals surface area contributed by atoms with Crippen molar-refractivity contribution in [3.05, 3.63) is 53.9 Å². The first-order valence-electron chi connectivity index (χ1n) is 11.1. The normalized spacial score (nSPS) is 10.5. The fraction of sp³-hybridized carbons (Fsp3) is 0.217. The molecule has 14 nitrogen and oxygen atoms in total. The first-order chi connectivity index (χ1) is 17.8. The Morgan fingerprint density at radius 2 is 1.16 bits per heavy atom. The summed E-state index contributed by atoms with van der Waals surface area (Å²) in [6.07, 6.45) is 4.84. The molecule has 0 aliphatic rings. The highest BCUT2D eigenvalue weighted by Crippen LogP contribution is 2.19. The fourth-order valence-electron chi connectivity index (χ4n) is 3.55. The maximum atomic E-state index is 12.9. The number of carbonyl (C=O) groups excluding carboxylic acids is 5. The van der Waals surface area contributed by atoms with Gasteiger partial charge in [-0.25, -0.2) is 0 Å². The number of rotatable bonds is 10. The third-order valence-electron chi connectivity index (χ3n) is 5.34. The summed E-state index contributed by atoms with van der Waals surface area (Å²) in [7, 11) is 4.89. The molecular formula is C23H26BrN9O5. The highest BCUT2D eigenvalue weighted by molar-refractivity contribution is 9.19. The number of amides is 4. The Balaban J connectivity index is 1.66. The Labute approximate surface area is 225 Å². The van der Waals surface area contributed by atoms with Crippen molar-refractivity contribution >= 4 is 67.1 Å². The summed E-state index contributed by atoms with van der Waals surface area (Å²) in [6.45, 7) is 0.216. The first-order valence-corrected chi connectivity index (χ1v) is 11.9. The van der Waals surface area contributed by atoms with E-state index in [0.717, 1.165) is 0 Å². The van der Waals surface area contributed by atoms with Gasteiger partial charge < -0.3 is 40.7 Å². The number of amidine groups is 1. The van der Waals surface area contributed by atoms with Gasteiger partial charge in [-0.15, -0.1) is 0 Å². The van der Waals surface area contributed by atoms with Crippen LogP contribution in [0.1, 0.15) is 37.9 Å². The molecule has 3 aromatic heterocycles. The third kappa shape index (κ3) is 6.76. The molecule has 3 rings (SSSR count). The summed E-state index contributed by atoms with van der Waals surface area (Å²) < 4.78 is 3.71. The number of aromatic nitrogens is 3. The van der Waals surface area contributed by atoms with E-state index < -0.39 is 22.4 Å². The highest BCUT2D eigenvalue weighted by atomic mass is 79.9. The molecule has 0 fully saturated rings. The van der Waals surface area contributed by atoms with Crippen LogP contribution in [-0.2, 0) is 30.7 Å². The smallest absolute Gasteiger partial charge is 0.303 e. The summed E-state index contributed by atoms with van der Waals surface area (Å²) in [5.74, 6) is -2.25. The Kier molecular flexibility index (Phi) is 8.52. The number of hydrogen-bond acceptors (Lipinski definition) is 6. The summed E-state index contributed by atoms with van der Waals surface area (Å²) in [5.41, 5.74) is 7.05. The summed E-state index contributed by atoms with van der Waals surface area (Å²) in [5, 5.41) is 17.7. The average Bonchev–Trinajstić information content (AvgIpc) is 3.49. The minimum atomic E-state index is -0.875. The number of hydrogen-bond donors (Lipinski definition) is 6. The standard InChI is InChI=1S/C23H26BrN9O5/c1-31-9-12(6-15(31)20(35)27-5-4-18(25)26)28-21(36)16-7-13(10-32(16)2)29-22(37)17-8-14(11-33(17)3)30-23(38)19(24)34/h6-11H,4-5H2,1-3H3,(H3,25,26)(H,27,35)(H,28,36)(H,29,37)(H,30,38). The molecule has 4 amide bonds. The van der Waals surface area contributed by atoms with Crippen LogP contribution in [0.2, 0.25) is 0 Å². The van der Waals surface area contributed by atoms with Crippen LogP contribution in [0, 0.1) is 5.41 Å². The van der Waals surface area contributed by atoms with Crippen molar-refractivity contribution < 1.29 is 24.0 Å². The van der Waals surface area contributed by atoms with Gasteiger partial charge in [0, 0.05) is 68.6 Å². The van der Waals surface area contributed by atoms with Gasteiger partial charge >= 0.3 is 5.91 Å². The predicted octanol–water partition coefficient (Wildman–Crippen LogP) is 1.12. The van der Waals surface area contributed by atoms with Gasteiger partial charge in [0.25, 0.3) is 22.4 Å². The molecule has 3 aromatic rings. The van der Waals surface area contributed by atoms with Crippen molar-refractivity contribution in [3.8, 4) is 0 Å². The number of anilines is 3. The van der Waals surface area contributed by atoms with E-state index >= 15 is 0 Å². The molecule has 15 heteroatoms. The Morgan fingerprint density at radius 3 is 1.55 bits per heavy atom. The van der Waals surface area contributed by atoms with Crippen LogP contribution in [-0.4, -0.2) is 54.4 Å². The van der Waals surface area contributed by atoms with Crippen molar-refractivity contribution in [1.82, 2.24) is 19.0 Å². The Bertz CT molecular complexity index is 1450. The topological polar surface area (TPSA) is 198 Å². The first kappa shape index (κ1) is 27.9. The molecular weight excluding hydrogens is 562 g/mol. The maximum absolute atomic E-state index is 12.9. The van der Waals surface area contributed by atoms with Gasteiger partial charge in [-0.3, -0.25) is 29.4 Å². The average molecular weight is 588 g/mol. The highest BCUT2D eigenvalue weighted by Gasteiger charge is 2.19. The van der Waals surface area contributed by atoms with Gasteiger partial charge in [-0.2, -0.15) is 0 Å². The minimum absolute atomic E-state index is 0.0341. The number of carbonyl (C=O) groups is 5. The van der Waals surface area contributed by atoms with E-state index in [4.69, 9.17) is 11.1 Å². The molecule has 0 aliphatic heterocycles. The summed E-state index contributed by atoms with van der Waals surface area (Å²) >= 11 is 2.56. The lowest BCUT2D eigenvalue weighted by Crippen LogP contribution is -2.28. The van der Waals surface area contributed by atoms with Gasteiger partial charge in [0.2, 0.25) is 0 Å². The second kappa shape index (κ2) is 11.6. The molecule has 0 aromatic carbocycles. The zero-order valence-corrected chi connectivity index (χ0v) is 22.3. The quantitative estimate of drug-likeness (QED) is 0.0888. The number of nitrogens with one attached hydrogen (secondary N) is 5. The third-order valence-corrected chi connectivity index (χ3v) is 5.70. The van der Waals surface area contributed by atoms with E-state index in [0.29, 0.717) is 17.1 Å². The monoisotopic (exact) mass is 587 g/mol. The lowest BCUT2D eigenvalue weighted by molar-refractivity contribution is -0.129. The van der Waals surface area contributed by atoms with E-state index in [1.54, 1.807) is 38.1 Å². The molecule has 0 unspecified atom stereocenters. The van der Waals surface area contributed by atoms with Crippen molar-refractivity contribution in [2.45, 2.75) is 6.42 Å². The SMILES string of the molecule is Cn1cc(NC(=O)c2cc(NC(=O)c3cc(NC(=O)C(=O)Br)cn3C)cn2C)cc1C(=O)NCCC(=N)N. The van der Waals surface area contributed by atoms with Gasteiger partial charge in [0.1, 0.15) is 17.1 Å². The zero-order valence-electron chi connectivity index (χ0n) is 20.7. The van der Waals surface area contributed by atoms with Crippen molar-refractivity contribution in [2.24, 2.45) is 26.9 Å². The molecule has 38 heavy (non-hydrogen) atoms. The van der Waals surface area contributed by atoms with E-state index in [2.05, 4.69) is 37.2 Å². The minimum Gasteiger partial charge on any atom is -0.388 e. The molecule has 0 atom stereocenters. The predicted molar refractivity (Wildman–Crippen MR) is 144 cm³/mol. The maximum Gasteiger partial charge on any atom is 0.303 e. The Hall–Kier alpha value is -4.66. The van der Waals surface area contributed by atoms with E-state index in [1.807, 2.05) is 0 Å². The molecule has 3 heterocycles.